The van der Waals surface area contributed by atoms with Gasteiger partial charge in [0.2, 0.25) is 5.95 Å². The Morgan fingerprint density at radius 3 is 2.32 bits per heavy atom. The van der Waals surface area contributed by atoms with E-state index in [1.807, 2.05) is 83.8 Å². The maximum absolute atomic E-state index is 13.0. The Bertz CT molecular complexity index is 1660. The van der Waals surface area contributed by atoms with Crippen LogP contribution < -0.4 is 10.6 Å². The van der Waals surface area contributed by atoms with Crippen molar-refractivity contribution >= 4 is 29.3 Å². The second kappa shape index (κ2) is 13.4. The number of carbonyl (C=O) groups excluding carboxylic acids is 2. The van der Waals surface area contributed by atoms with E-state index in [0.29, 0.717) is 29.4 Å². The molecule has 3 amide bonds. The fourth-order valence-corrected chi connectivity index (χ4v) is 5.12. The number of benzene rings is 3. The Kier molecular flexibility index (Phi) is 8.77. The summed E-state index contributed by atoms with van der Waals surface area (Å²) in [5, 5.41) is 7.49. The van der Waals surface area contributed by atoms with Crippen LogP contribution in [-0.2, 0) is 4.84 Å². The molecule has 6 rings (SSSR count). The SMILES string of the molecule is CN1CCN(C(=O)c2ccc(Nc3ncc(C#Cc4cccc(NC(=O)N5OCC[C@H]5c5ccccc5)c4)cn3)cc2)CC1. The normalized spacial score (nSPS) is 16.6. The van der Waals surface area contributed by atoms with Crippen LogP contribution in [0.4, 0.5) is 22.1 Å². The molecular formula is C34H33N7O3. The van der Waals surface area contributed by atoms with E-state index < -0.39 is 0 Å². The van der Waals surface area contributed by atoms with E-state index in [9.17, 15) is 9.59 Å². The van der Waals surface area contributed by atoms with Crippen LogP contribution in [0.2, 0.25) is 0 Å². The number of anilines is 3. The standard InChI is InChI=1S/C34H33N7O3/c1-39-17-19-40(20-18-39)32(42)28-12-14-29(15-13-28)37-33-35-23-26(24-36-33)11-10-25-6-5-9-30(22-25)38-34(43)41-31(16-21-44-41)27-7-3-2-4-8-27/h2-9,12-15,22-24,31H,16-21H2,1H3,(H,38,43)(H,35,36,37)/t31-/m0/s1. The molecule has 2 N–H and O–H groups in total. The molecule has 1 atom stereocenters. The number of urea groups is 1. The molecule has 0 aliphatic carbocycles. The fourth-order valence-electron chi connectivity index (χ4n) is 5.12. The van der Waals surface area contributed by atoms with Crippen molar-refractivity contribution in [1.29, 1.82) is 0 Å². The second-order valence-corrected chi connectivity index (χ2v) is 10.7. The van der Waals surface area contributed by atoms with E-state index in [2.05, 4.69) is 44.4 Å². The number of likely N-dealkylation sites (N-methyl/N-ethyl adjacent to an activating group) is 1. The van der Waals surface area contributed by atoms with Crippen LogP contribution in [0.15, 0.2) is 91.3 Å². The molecule has 2 fully saturated rings. The third kappa shape index (κ3) is 7.03. The molecular weight excluding hydrogens is 554 g/mol. The number of carbonyl (C=O) groups is 2. The van der Waals surface area contributed by atoms with Crippen LogP contribution in [0.25, 0.3) is 0 Å². The zero-order valence-electron chi connectivity index (χ0n) is 24.4. The first-order valence-electron chi connectivity index (χ1n) is 14.6. The summed E-state index contributed by atoms with van der Waals surface area (Å²) in [4.78, 5) is 44.3. The number of piperazine rings is 1. The summed E-state index contributed by atoms with van der Waals surface area (Å²) in [6.07, 6.45) is 4.03. The van der Waals surface area contributed by atoms with E-state index in [1.165, 1.54) is 5.06 Å². The van der Waals surface area contributed by atoms with Crippen LogP contribution in [0.1, 0.15) is 39.5 Å². The first-order valence-corrected chi connectivity index (χ1v) is 14.6. The Hall–Kier alpha value is -5.24. The van der Waals surface area contributed by atoms with Crippen LogP contribution >= 0.6 is 0 Å². The summed E-state index contributed by atoms with van der Waals surface area (Å²) >= 11 is 0. The van der Waals surface area contributed by atoms with Crippen molar-refractivity contribution in [3.8, 4) is 11.8 Å². The maximum Gasteiger partial charge on any atom is 0.346 e. The molecule has 3 aromatic carbocycles. The van der Waals surface area contributed by atoms with Crippen LogP contribution in [-0.4, -0.2) is 76.6 Å². The van der Waals surface area contributed by atoms with Gasteiger partial charge in [0.05, 0.1) is 18.2 Å². The van der Waals surface area contributed by atoms with Crippen molar-refractivity contribution < 1.29 is 14.4 Å². The number of nitrogens with one attached hydrogen (secondary N) is 2. The van der Waals surface area contributed by atoms with Gasteiger partial charge in [0.15, 0.2) is 0 Å². The molecule has 10 nitrogen and oxygen atoms in total. The first kappa shape index (κ1) is 28.9. The molecule has 2 aliphatic rings. The average Bonchev–Trinajstić information content (AvgIpc) is 3.56. The lowest BCUT2D eigenvalue weighted by Crippen LogP contribution is -2.47. The van der Waals surface area contributed by atoms with E-state index in [-0.39, 0.29) is 18.0 Å². The molecule has 4 aromatic rings. The Balaban J connectivity index is 1.04. The zero-order valence-corrected chi connectivity index (χ0v) is 24.4. The van der Waals surface area contributed by atoms with Gasteiger partial charge >= 0.3 is 6.03 Å². The zero-order chi connectivity index (χ0) is 30.3. The number of aromatic nitrogens is 2. The van der Waals surface area contributed by atoms with Gasteiger partial charge in [-0.2, -0.15) is 5.06 Å². The molecule has 0 bridgehead atoms. The second-order valence-electron chi connectivity index (χ2n) is 10.7. The van der Waals surface area contributed by atoms with Gasteiger partial charge in [0.1, 0.15) is 0 Å². The molecule has 44 heavy (non-hydrogen) atoms. The van der Waals surface area contributed by atoms with Gasteiger partial charge in [0, 0.05) is 67.5 Å². The van der Waals surface area contributed by atoms with Crippen molar-refractivity contribution in [1.82, 2.24) is 24.8 Å². The monoisotopic (exact) mass is 587 g/mol. The molecule has 0 saturated carbocycles. The molecule has 1 aromatic heterocycles. The Morgan fingerprint density at radius 2 is 1.57 bits per heavy atom. The molecule has 10 heteroatoms. The highest BCUT2D eigenvalue weighted by atomic mass is 16.7. The highest BCUT2D eigenvalue weighted by Crippen LogP contribution is 2.30. The quantitative estimate of drug-likeness (QED) is 0.320. The Labute approximate surface area is 256 Å². The van der Waals surface area contributed by atoms with E-state index in [1.54, 1.807) is 12.4 Å². The van der Waals surface area contributed by atoms with Gasteiger partial charge in [-0.3, -0.25) is 9.63 Å². The van der Waals surface area contributed by atoms with Crippen LogP contribution in [0, 0.1) is 11.8 Å². The smallest absolute Gasteiger partial charge is 0.336 e. The highest BCUT2D eigenvalue weighted by Gasteiger charge is 2.31. The van der Waals surface area contributed by atoms with Gasteiger partial charge in [-0.1, -0.05) is 48.2 Å². The lowest BCUT2D eigenvalue weighted by Gasteiger charge is -2.32. The summed E-state index contributed by atoms with van der Waals surface area (Å²) in [5.74, 6) is 6.66. The largest absolute Gasteiger partial charge is 0.346 e. The van der Waals surface area contributed by atoms with Crippen molar-refractivity contribution in [2.45, 2.75) is 12.5 Å². The number of rotatable bonds is 5. The summed E-state index contributed by atoms with van der Waals surface area (Å²) in [5.41, 5.74) is 4.49. The minimum absolute atomic E-state index is 0.0500. The topological polar surface area (TPSA) is 103 Å². The maximum atomic E-state index is 13.0. The van der Waals surface area contributed by atoms with Crippen molar-refractivity contribution in [2.24, 2.45) is 0 Å². The van der Waals surface area contributed by atoms with Gasteiger partial charge in [-0.15, -0.1) is 0 Å². The van der Waals surface area contributed by atoms with Gasteiger partial charge in [-0.05, 0) is 55.1 Å². The molecule has 222 valence electrons. The molecule has 3 heterocycles. The van der Waals surface area contributed by atoms with Gasteiger partial charge in [0.25, 0.3) is 5.91 Å². The number of hydrogen-bond acceptors (Lipinski definition) is 7. The third-order valence-corrected chi connectivity index (χ3v) is 7.58. The lowest BCUT2D eigenvalue weighted by molar-refractivity contribution is -0.0829. The van der Waals surface area contributed by atoms with Crippen molar-refractivity contribution in [3.05, 3.63) is 114 Å². The average molecular weight is 588 g/mol. The number of amides is 3. The van der Waals surface area contributed by atoms with Gasteiger partial charge < -0.3 is 20.4 Å². The third-order valence-electron chi connectivity index (χ3n) is 7.58. The minimum Gasteiger partial charge on any atom is -0.336 e. The Morgan fingerprint density at radius 1 is 0.841 bits per heavy atom. The summed E-state index contributed by atoms with van der Waals surface area (Å²) in [6.45, 7) is 3.74. The minimum atomic E-state index is -0.325. The van der Waals surface area contributed by atoms with Crippen LogP contribution in [0.5, 0.6) is 0 Å². The van der Waals surface area contributed by atoms with E-state index >= 15 is 0 Å². The fraction of sp³-hybridized carbons (Fsp3) is 0.235. The highest BCUT2D eigenvalue weighted by molar-refractivity contribution is 5.94. The van der Waals surface area contributed by atoms with Crippen LogP contribution in [0.3, 0.4) is 0 Å². The summed E-state index contributed by atoms with van der Waals surface area (Å²) < 4.78 is 0. The summed E-state index contributed by atoms with van der Waals surface area (Å²) in [7, 11) is 2.07. The van der Waals surface area contributed by atoms with E-state index in [4.69, 9.17) is 4.84 Å². The first-order chi connectivity index (χ1) is 21.5. The predicted octanol–water partition coefficient (Wildman–Crippen LogP) is 4.92. The number of hydroxylamine groups is 2. The molecule has 2 saturated heterocycles. The van der Waals surface area contributed by atoms with Crippen molar-refractivity contribution in [2.75, 3.05) is 50.5 Å². The summed E-state index contributed by atoms with van der Waals surface area (Å²) in [6, 6.07) is 24.1. The number of hydrogen-bond donors (Lipinski definition) is 2. The molecule has 0 spiro atoms. The lowest BCUT2D eigenvalue weighted by atomic mass is 10.1. The van der Waals surface area contributed by atoms with Crippen molar-refractivity contribution in [3.63, 3.8) is 0 Å². The predicted molar refractivity (Wildman–Crippen MR) is 168 cm³/mol. The van der Waals surface area contributed by atoms with Gasteiger partial charge in [-0.25, -0.2) is 14.8 Å². The molecule has 0 radical (unpaired) electrons. The molecule has 0 unspecified atom stereocenters. The van der Waals surface area contributed by atoms with E-state index in [0.717, 1.165) is 49.4 Å². The number of nitrogens with zero attached hydrogens (tertiary/aromatic N) is 5. The molecule has 2 aliphatic heterocycles.